The van der Waals surface area contributed by atoms with E-state index in [1.165, 1.54) is 37.8 Å². The fourth-order valence-electron chi connectivity index (χ4n) is 2.07. The second-order valence-electron chi connectivity index (χ2n) is 5.05. The Morgan fingerprint density at radius 1 is 1.05 bits per heavy atom. The molecule has 21 heavy (non-hydrogen) atoms. The molecule has 0 bridgehead atoms. The van der Waals surface area contributed by atoms with Crippen molar-refractivity contribution in [1.29, 1.82) is 0 Å². The summed E-state index contributed by atoms with van der Waals surface area (Å²) in [4.78, 5) is 11.6. The third-order valence-electron chi connectivity index (χ3n) is 3.17. The number of hydrogen-bond donors (Lipinski definition) is 1. The first-order valence-electron chi connectivity index (χ1n) is 7.81. The van der Waals surface area contributed by atoms with E-state index in [4.69, 9.17) is 9.47 Å². The molecule has 0 spiro atoms. The molecule has 0 aliphatic carbocycles. The number of ether oxygens (including phenoxy) is 2. The number of carbonyl (C=O) groups is 1. The number of aromatic hydroxyl groups is 1. The molecule has 0 heterocycles. The van der Waals surface area contributed by atoms with Gasteiger partial charge in [0.15, 0.2) is 0 Å². The van der Waals surface area contributed by atoms with Gasteiger partial charge in [-0.3, -0.25) is 0 Å². The van der Waals surface area contributed by atoms with Gasteiger partial charge in [-0.25, -0.2) is 4.79 Å². The summed E-state index contributed by atoms with van der Waals surface area (Å²) in [5, 5.41) is 9.62. The third-order valence-corrected chi connectivity index (χ3v) is 3.17. The van der Waals surface area contributed by atoms with Crippen LogP contribution in [0, 0.1) is 0 Å². The Bertz CT molecular complexity index is 429. The summed E-state index contributed by atoms with van der Waals surface area (Å²) in [5.41, 5.74) is 0.315. The lowest BCUT2D eigenvalue weighted by atomic mass is 10.1. The Morgan fingerprint density at radius 2 is 1.76 bits per heavy atom. The molecule has 0 saturated carbocycles. The second-order valence-corrected chi connectivity index (χ2v) is 5.05. The van der Waals surface area contributed by atoms with Crippen LogP contribution in [0.1, 0.15) is 62.7 Å². The minimum Gasteiger partial charge on any atom is -0.508 e. The molecule has 0 radical (unpaired) electrons. The highest BCUT2D eigenvalue weighted by Crippen LogP contribution is 2.22. The van der Waals surface area contributed by atoms with E-state index < -0.39 is 5.97 Å². The number of benzene rings is 1. The van der Waals surface area contributed by atoms with Gasteiger partial charge in [0.1, 0.15) is 11.5 Å². The zero-order valence-corrected chi connectivity index (χ0v) is 13.1. The number of phenols is 1. The van der Waals surface area contributed by atoms with E-state index in [0.29, 0.717) is 24.5 Å². The van der Waals surface area contributed by atoms with Crippen molar-refractivity contribution >= 4 is 5.97 Å². The number of carbonyl (C=O) groups excluding carboxylic acids is 1. The molecule has 1 aromatic rings. The number of unbranched alkanes of at least 4 members (excludes halogenated alkanes) is 5. The lowest BCUT2D eigenvalue weighted by Crippen LogP contribution is -2.05. The molecular formula is C17H26O4. The Labute approximate surface area is 127 Å². The topological polar surface area (TPSA) is 55.8 Å². The van der Waals surface area contributed by atoms with Gasteiger partial charge in [0, 0.05) is 6.07 Å². The van der Waals surface area contributed by atoms with Gasteiger partial charge in [-0.15, -0.1) is 0 Å². The van der Waals surface area contributed by atoms with Crippen LogP contribution in [0.25, 0.3) is 0 Å². The average Bonchev–Trinajstić information content (AvgIpc) is 2.46. The van der Waals surface area contributed by atoms with Gasteiger partial charge in [-0.1, -0.05) is 39.0 Å². The molecule has 118 valence electrons. The van der Waals surface area contributed by atoms with Gasteiger partial charge < -0.3 is 14.6 Å². The Balaban J connectivity index is 2.39. The van der Waals surface area contributed by atoms with E-state index in [1.54, 1.807) is 13.0 Å². The summed E-state index contributed by atoms with van der Waals surface area (Å²) in [5.74, 6) is 0.0722. The largest absolute Gasteiger partial charge is 0.508 e. The zero-order valence-electron chi connectivity index (χ0n) is 13.1. The number of hydrogen-bond acceptors (Lipinski definition) is 4. The summed E-state index contributed by atoms with van der Waals surface area (Å²) in [7, 11) is 0. The van der Waals surface area contributed by atoms with Gasteiger partial charge in [0.2, 0.25) is 0 Å². The van der Waals surface area contributed by atoms with Crippen LogP contribution in [-0.2, 0) is 4.74 Å². The molecule has 4 nitrogen and oxygen atoms in total. The first kappa shape index (κ1) is 17.3. The van der Waals surface area contributed by atoms with Crippen LogP contribution < -0.4 is 4.74 Å². The SMILES string of the molecule is CCCCCCCCOc1cc(O)cc(C(=O)OCC)c1. The first-order valence-corrected chi connectivity index (χ1v) is 7.81. The Hall–Kier alpha value is -1.71. The van der Waals surface area contributed by atoms with Crippen LogP contribution in [0.4, 0.5) is 0 Å². The van der Waals surface area contributed by atoms with Crippen molar-refractivity contribution in [2.24, 2.45) is 0 Å². The third kappa shape index (κ3) is 7.02. The normalized spacial score (nSPS) is 10.4. The summed E-state index contributed by atoms with van der Waals surface area (Å²) in [6, 6.07) is 4.50. The number of rotatable bonds is 10. The number of esters is 1. The quantitative estimate of drug-likeness (QED) is 0.516. The minimum absolute atomic E-state index is 0.0125. The van der Waals surface area contributed by atoms with E-state index in [2.05, 4.69) is 6.92 Å². The maximum atomic E-state index is 11.6. The van der Waals surface area contributed by atoms with E-state index in [9.17, 15) is 9.90 Å². The van der Waals surface area contributed by atoms with Crippen molar-refractivity contribution in [2.75, 3.05) is 13.2 Å². The van der Waals surface area contributed by atoms with Gasteiger partial charge >= 0.3 is 5.97 Å². The highest BCUT2D eigenvalue weighted by Gasteiger charge is 2.10. The fourth-order valence-corrected chi connectivity index (χ4v) is 2.07. The van der Waals surface area contributed by atoms with Gasteiger partial charge in [-0.2, -0.15) is 0 Å². The van der Waals surface area contributed by atoms with Crippen molar-refractivity contribution in [3.8, 4) is 11.5 Å². The van der Waals surface area contributed by atoms with Crippen LogP contribution in [0.3, 0.4) is 0 Å². The van der Waals surface area contributed by atoms with Crippen molar-refractivity contribution < 1.29 is 19.4 Å². The molecule has 0 aliphatic heterocycles. The summed E-state index contributed by atoms with van der Waals surface area (Å²) < 4.78 is 10.5. The molecule has 0 saturated heterocycles. The van der Waals surface area contributed by atoms with Crippen LogP contribution in [0.2, 0.25) is 0 Å². The highest BCUT2D eigenvalue weighted by atomic mass is 16.5. The average molecular weight is 294 g/mol. The molecule has 0 unspecified atom stereocenters. The van der Waals surface area contributed by atoms with E-state index >= 15 is 0 Å². The van der Waals surface area contributed by atoms with Crippen molar-refractivity contribution in [2.45, 2.75) is 52.4 Å². The predicted molar refractivity (Wildman–Crippen MR) is 82.9 cm³/mol. The molecule has 0 atom stereocenters. The molecule has 0 fully saturated rings. The number of phenolic OH excluding ortho intramolecular Hbond substituents is 1. The van der Waals surface area contributed by atoms with Gasteiger partial charge in [0.05, 0.1) is 18.8 Å². The zero-order chi connectivity index (χ0) is 15.5. The summed E-state index contributed by atoms with van der Waals surface area (Å²) in [6.45, 7) is 4.85. The minimum atomic E-state index is -0.446. The van der Waals surface area contributed by atoms with E-state index in [-0.39, 0.29) is 5.75 Å². The Morgan fingerprint density at radius 3 is 2.48 bits per heavy atom. The molecule has 1 rings (SSSR count). The molecular weight excluding hydrogens is 268 g/mol. The van der Waals surface area contributed by atoms with Gasteiger partial charge in [-0.05, 0) is 25.5 Å². The lowest BCUT2D eigenvalue weighted by Gasteiger charge is -2.09. The van der Waals surface area contributed by atoms with Crippen LogP contribution in [0.15, 0.2) is 18.2 Å². The predicted octanol–water partition coefficient (Wildman–Crippen LogP) is 4.31. The molecule has 0 aliphatic rings. The summed E-state index contributed by atoms with van der Waals surface area (Å²) in [6.07, 6.45) is 7.16. The van der Waals surface area contributed by atoms with Crippen molar-refractivity contribution in [1.82, 2.24) is 0 Å². The molecule has 0 aromatic heterocycles. The molecule has 1 N–H and O–H groups in total. The summed E-state index contributed by atoms with van der Waals surface area (Å²) >= 11 is 0. The Kier molecular flexibility index (Phi) is 8.32. The second kappa shape index (κ2) is 10.1. The van der Waals surface area contributed by atoms with Gasteiger partial charge in [0.25, 0.3) is 0 Å². The van der Waals surface area contributed by atoms with E-state index in [0.717, 1.165) is 12.8 Å². The smallest absolute Gasteiger partial charge is 0.338 e. The maximum absolute atomic E-state index is 11.6. The molecule has 1 aromatic carbocycles. The fraction of sp³-hybridized carbons (Fsp3) is 0.588. The lowest BCUT2D eigenvalue weighted by molar-refractivity contribution is 0.0525. The molecule has 0 amide bonds. The van der Waals surface area contributed by atoms with Crippen LogP contribution in [0.5, 0.6) is 11.5 Å². The molecule has 4 heteroatoms. The van der Waals surface area contributed by atoms with Crippen molar-refractivity contribution in [3.05, 3.63) is 23.8 Å². The maximum Gasteiger partial charge on any atom is 0.338 e. The monoisotopic (exact) mass is 294 g/mol. The highest BCUT2D eigenvalue weighted by molar-refractivity contribution is 5.90. The van der Waals surface area contributed by atoms with Crippen LogP contribution in [-0.4, -0.2) is 24.3 Å². The first-order chi connectivity index (χ1) is 10.2. The van der Waals surface area contributed by atoms with Crippen molar-refractivity contribution in [3.63, 3.8) is 0 Å². The van der Waals surface area contributed by atoms with E-state index in [1.807, 2.05) is 0 Å². The standard InChI is InChI=1S/C17H26O4/c1-3-5-6-7-8-9-10-21-16-12-14(11-15(18)13-16)17(19)20-4-2/h11-13,18H,3-10H2,1-2H3. The van der Waals surface area contributed by atoms with Crippen LogP contribution >= 0.6 is 0 Å².